The Morgan fingerprint density at radius 2 is 1.76 bits per heavy atom. The van der Waals surface area contributed by atoms with E-state index in [2.05, 4.69) is 14.4 Å². The van der Waals surface area contributed by atoms with E-state index < -0.39 is 74.7 Å². The molecule has 2 aliphatic rings. The van der Waals surface area contributed by atoms with E-state index in [1.807, 2.05) is 19.1 Å². The molecule has 3 aromatic rings. The molecule has 1 aromatic carbocycles. The number of carbonyl (C=O) groups is 3. The highest BCUT2D eigenvalue weighted by atomic mass is 35.5. The molecule has 0 spiro atoms. The largest absolute Gasteiger partial charge is 0.496 e. The Bertz CT molecular complexity index is 1870. The van der Waals surface area contributed by atoms with Gasteiger partial charge in [0.15, 0.2) is 0 Å². The molecule has 3 amide bonds. The third kappa shape index (κ3) is 10.8. The van der Waals surface area contributed by atoms with Crippen LogP contribution in [0.4, 0.5) is 26.3 Å². The zero-order chi connectivity index (χ0) is 40.9. The van der Waals surface area contributed by atoms with E-state index >= 15 is 0 Å². The van der Waals surface area contributed by atoms with Gasteiger partial charge in [-0.1, -0.05) is 44.9 Å². The number of halogens is 7. The number of nitrogens with zero attached hydrogens (tertiary/aromatic N) is 3. The van der Waals surface area contributed by atoms with Gasteiger partial charge in [-0.3, -0.25) is 24.1 Å². The standard InChI is InChI=1S/C31H38ClF3N4O4S.C6H5F3OS/c1-5-8-24-22(9-7-15-38(24)28(41)26-23(31(33,34)35)10-6-14-36-26)27(40)39-16-13-19-17-20(32)11-12-21(19)25(39)18-30(2,3)29(42)37-44(4)43;1-10-4-2-5(11-3-4)6(7,8)9/h6,10-12,14,17,22,24-25H,5,7-9,13,15-16,18H2,1-4H3,(H,37,42);2-3H,1H3/t22-,24-,25?,44?;/m1./s1. The molecule has 302 valence electrons. The van der Waals surface area contributed by atoms with Crippen molar-refractivity contribution in [2.75, 3.05) is 26.5 Å². The third-order valence-corrected chi connectivity index (χ3v) is 11.3. The van der Waals surface area contributed by atoms with Crippen LogP contribution in [0.3, 0.4) is 0 Å². The second-order valence-electron chi connectivity index (χ2n) is 14.0. The molecule has 55 heavy (non-hydrogen) atoms. The number of likely N-dealkylation sites (tertiary alicyclic amines) is 1. The number of piperidine rings is 1. The van der Waals surface area contributed by atoms with Gasteiger partial charge in [0.1, 0.15) is 27.3 Å². The molecule has 0 bridgehead atoms. The van der Waals surface area contributed by atoms with Gasteiger partial charge in [-0.15, -0.1) is 11.3 Å². The normalized spacial score (nSPS) is 19.5. The quantitative estimate of drug-likeness (QED) is 0.217. The van der Waals surface area contributed by atoms with Crippen LogP contribution in [0.15, 0.2) is 48.0 Å². The van der Waals surface area contributed by atoms with Crippen LogP contribution >= 0.6 is 22.9 Å². The first-order valence-corrected chi connectivity index (χ1v) is 20.3. The molecule has 4 atom stereocenters. The van der Waals surface area contributed by atoms with Crippen LogP contribution in [0, 0.1) is 11.3 Å². The van der Waals surface area contributed by atoms with Gasteiger partial charge in [0.25, 0.3) is 5.91 Å². The van der Waals surface area contributed by atoms with E-state index in [0.717, 1.165) is 35.5 Å². The van der Waals surface area contributed by atoms with Crippen LogP contribution in [-0.2, 0) is 39.3 Å². The van der Waals surface area contributed by atoms with Crippen LogP contribution < -0.4 is 9.46 Å². The van der Waals surface area contributed by atoms with E-state index in [-0.39, 0.29) is 24.6 Å². The summed E-state index contributed by atoms with van der Waals surface area (Å²) in [4.78, 5) is 47.5. The predicted octanol–water partition coefficient (Wildman–Crippen LogP) is 8.50. The maximum absolute atomic E-state index is 14.5. The molecule has 0 aliphatic carbocycles. The number of alkyl halides is 6. The molecule has 5 rings (SSSR count). The molecule has 9 nitrogen and oxygen atoms in total. The number of nitrogens with one attached hydrogen (secondary N) is 1. The first-order valence-electron chi connectivity index (χ1n) is 17.5. The molecule has 2 unspecified atom stereocenters. The van der Waals surface area contributed by atoms with Crippen LogP contribution in [-0.4, -0.2) is 69.2 Å². The minimum Gasteiger partial charge on any atom is -0.496 e. The minimum absolute atomic E-state index is 0.209. The van der Waals surface area contributed by atoms with Gasteiger partial charge in [-0.25, -0.2) is 4.21 Å². The van der Waals surface area contributed by atoms with Gasteiger partial charge >= 0.3 is 12.4 Å². The number of hydrogen-bond donors (Lipinski definition) is 1. The summed E-state index contributed by atoms with van der Waals surface area (Å²) in [5.74, 6) is -1.86. The number of ether oxygens (including phenoxy) is 1. The molecule has 1 fully saturated rings. The number of pyridine rings is 1. The second-order valence-corrected chi connectivity index (χ2v) is 16.4. The third-order valence-electron chi connectivity index (χ3n) is 9.65. The van der Waals surface area contributed by atoms with Gasteiger partial charge in [0.2, 0.25) is 11.8 Å². The Labute approximate surface area is 327 Å². The highest BCUT2D eigenvalue weighted by molar-refractivity contribution is 7.82. The van der Waals surface area contributed by atoms with Crippen molar-refractivity contribution in [3.63, 3.8) is 0 Å². The number of hydrogen-bond acceptors (Lipinski definition) is 7. The molecule has 0 radical (unpaired) electrons. The van der Waals surface area contributed by atoms with Crippen molar-refractivity contribution in [3.05, 3.63) is 80.3 Å². The summed E-state index contributed by atoms with van der Waals surface area (Å²) < 4.78 is 95.9. The van der Waals surface area contributed by atoms with E-state index in [0.29, 0.717) is 55.0 Å². The monoisotopic (exact) mass is 836 g/mol. The van der Waals surface area contributed by atoms with E-state index in [1.165, 1.54) is 23.6 Å². The summed E-state index contributed by atoms with van der Waals surface area (Å²) in [5, 5.41) is 1.88. The van der Waals surface area contributed by atoms with Crippen molar-refractivity contribution < 1.29 is 49.7 Å². The second kappa shape index (κ2) is 18.0. The molecule has 2 aromatic heterocycles. The molecular weight excluding hydrogens is 794 g/mol. The first-order chi connectivity index (χ1) is 25.7. The molecule has 1 saturated heterocycles. The van der Waals surface area contributed by atoms with Crippen molar-refractivity contribution in [3.8, 4) is 5.75 Å². The van der Waals surface area contributed by atoms with Gasteiger partial charge in [0.05, 0.1) is 24.6 Å². The minimum atomic E-state index is -4.76. The summed E-state index contributed by atoms with van der Waals surface area (Å²) >= 11 is 6.91. The molecule has 2 aliphatic heterocycles. The first kappa shape index (κ1) is 44.0. The molecule has 1 N–H and O–H groups in total. The van der Waals surface area contributed by atoms with Gasteiger partial charge in [-0.2, -0.15) is 26.3 Å². The van der Waals surface area contributed by atoms with Crippen LogP contribution in [0.2, 0.25) is 5.02 Å². The zero-order valence-corrected chi connectivity index (χ0v) is 33.2. The lowest BCUT2D eigenvalue weighted by molar-refractivity contribution is -0.144. The van der Waals surface area contributed by atoms with E-state index in [4.69, 9.17) is 11.6 Å². The van der Waals surface area contributed by atoms with Crippen molar-refractivity contribution >= 4 is 51.6 Å². The highest BCUT2D eigenvalue weighted by Crippen LogP contribution is 2.42. The maximum atomic E-state index is 14.5. The summed E-state index contributed by atoms with van der Waals surface area (Å²) in [7, 11) is -0.232. The van der Waals surface area contributed by atoms with Gasteiger partial charge in [-0.05, 0) is 67.5 Å². The van der Waals surface area contributed by atoms with E-state index in [1.54, 1.807) is 24.8 Å². The Balaban J connectivity index is 0.000000525. The Morgan fingerprint density at radius 1 is 1.05 bits per heavy atom. The van der Waals surface area contributed by atoms with Crippen LogP contribution in [0.1, 0.15) is 91.0 Å². The fraction of sp³-hybridized carbons (Fsp3) is 0.514. The molecule has 18 heteroatoms. The van der Waals surface area contributed by atoms with E-state index in [9.17, 15) is 44.9 Å². The highest BCUT2D eigenvalue weighted by Gasteiger charge is 2.46. The average molecular weight is 837 g/mol. The van der Waals surface area contributed by atoms with Crippen molar-refractivity contribution in [2.24, 2.45) is 11.3 Å². The maximum Gasteiger partial charge on any atom is 0.425 e. The number of carbonyl (C=O) groups excluding carboxylic acids is 3. The number of rotatable bonds is 9. The fourth-order valence-corrected chi connectivity index (χ4v) is 8.44. The summed E-state index contributed by atoms with van der Waals surface area (Å²) in [5.41, 5.74) is -0.965. The molecule has 4 heterocycles. The zero-order valence-electron chi connectivity index (χ0n) is 30.9. The SMILES string of the molecule is CCC[C@@H]1[C@H](C(=O)N2CCc3cc(Cl)ccc3C2CC(C)(C)C(=O)NS(C)=O)CCCN1C(=O)c1ncccc1C(F)(F)F.COc1csc(C(F)(F)F)c1. The lowest BCUT2D eigenvalue weighted by Gasteiger charge is -2.46. The Kier molecular flexibility index (Phi) is 14.4. The fourth-order valence-electron chi connectivity index (χ4n) is 6.99. The lowest BCUT2D eigenvalue weighted by Crippen LogP contribution is -2.55. The van der Waals surface area contributed by atoms with Crippen LogP contribution in [0.25, 0.3) is 0 Å². The summed E-state index contributed by atoms with van der Waals surface area (Å²) in [6, 6.07) is 7.27. The van der Waals surface area contributed by atoms with Crippen molar-refractivity contribution in [1.29, 1.82) is 0 Å². The topological polar surface area (TPSA) is 109 Å². The summed E-state index contributed by atoms with van der Waals surface area (Å²) in [6.07, 6.45) is -3.77. The predicted molar refractivity (Wildman–Crippen MR) is 198 cm³/mol. The number of fused-ring (bicyclic) bond motifs is 1. The average Bonchev–Trinajstić information content (AvgIpc) is 3.62. The number of methoxy groups -OCH3 is 1. The molecular formula is C37H43ClF6N4O5S2. The number of benzene rings is 1. The number of aromatic nitrogens is 1. The van der Waals surface area contributed by atoms with Gasteiger partial charge < -0.3 is 14.5 Å². The Morgan fingerprint density at radius 3 is 2.35 bits per heavy atom. The Hall–Kier alpha value is -3.70. The van der Waals surface area contributed by atoms with Crippen molar-refractivity contribution in [2.45, 2.75) is 83.7 Å². The number of amides is 3. The van der Waals surface area contributed by atoms with Gasteiger partial charge in [0, 0.05) is 53.5 Å². The number of thiophene rings is 1. The smallest absolute Gasteiger partial charge is 0.425 e. The summed E-state index contributed by atoms with van der Waals surface area (Å²) in [6.45, 7) is 5.93. The molecule has 0 saturated carbocycles. The van der Waals surface area contributed by atoms with Crippen LogP contribution in [0.5, 0.6) is 5.75 Å². The lowest BCUT2D eigenvalue weighted by atomic mass is 9.78. The van der Waals surface area contributed by atoms with Crippen molar-refractivity contribution in [1.82, 2.24) is 19.5 Å².